The van der Waals surface area contributed by atoms with E-state index >= 15 is 0 Å². The zero-order valence-corrected chi connectivity index (χ0v) is 12.5. The predicted octanol–water partition coefficient (Wildman–Crippen LogP) is 3.19. The molecule has 0 fully saturated rings. The number of nitrogens with one attached hydrogen (secondary N) is 1. The standard InChI is InChI=1S/C11H8Cl3N3OS/c12-11(13,14)10(18)16-5-8-6-19-9(17-8)7-2-1-3-15-4-7/h1-4,6H,5H2,(H,16,18). The van der Waals surface area contributed by atoms with Gasteiger partial charge in [0, 0.05) is 23.3 Å². The van der Waals surface area contributed by atoms with Crippen LogP contribution in [0.4, 0.5) is 0 Å². The average molecular weight is 337 g/mol. The smallest absolute Gasteiger partial charge is 0.272 e. The molecule has 0 radical (unpaired) electrons. The lowest BCUT2D eigenvalue weighted by atomic mass is 10.3. The first-order valence-electron chi connectivity index (χ1n) is 5.16. The summed E-state index contributed by atoms with van der Waals surface area (Å²) in [4.78, 5) is 19.8. The Hall–Kier alpha value is -0.880. The highest BCUT2D eigenvalue weighted by molar-refractivity contribution is 7.13. The van der Waals surface area contributed by atoms with E-state index in [1.165, 1.54) is 11.3 Å². The fraction of sp³-hybridized carbons (Fsp3) is 0.182. The summed E-state index contributed by atoms with van der Waals surface area (Å²) in [7, 11) is 0. The van der Waals surface area contributed by atoms with E-state index < -0.39 is 9.70 Å². The fourth-order valence-corrected chi connectivity index (χ4v) is 2.29. The molecule has 2 heterocycles. The Balaban J connectivity index is 2.01. The molecule has 1 N–H and O–H groups in total. The van der Waals surface area contributed by atoms with Crippen LogP contribution in [0.5, 0.6) is 0 Å². The molecule has 2 aromatic rings. The van der Waals surface area contributed by atoms with E-state index in [-0.39, 0.29) is 6.54 Å². The predicted molar refractivity (Wildman–Crippen MR) is 77.5 cm³/mol. The Morgan fingerprint density at radius 1 is 1.42 bits per heavy atom. The van der Waals surface area contributed by atoms with E-state index in [1.54, 1.807) is 12.4 Å². The number of nitrogens with zero attached hydrogens (tertiary/aromatic N) is 2. The second-order valence-corrected chi connectivity index (χ2v) is 6.71. The Bertz CT molecular complexity index is 568. The van der Waals surface area contributed by atoms with Crippen molar-refractivity contribution in [3.63, 3.8) is 0 Å². The quantitative estimate of drug-likeness (QED) is 0.876. The number of aromatic nitrogens is 2. The molecule has 4 nitrogen and oxygen atoms in total. The van der Waals surface area contributed by atoms with Crippen LogP contribution in [0.1, 0.15) is 5.69 Å². The number of alkyl halides is 3. The number of carbonyl (C=O) groups is 1. The minimum atomic E-state index is -1.96. The van der Waals surface area contributed by atoms with Crippen LogP contribution < -0.4 is 5.32 Å². The van der Waals surface area contributed by atoms with Crippen LogP contribution in [-0.4, -0.2) is 19.7 Å². The van der Waals surface area contributed by atoms with Crippen molar-refractivity contribution >= 4 is 52.0 Å². The lowest BCUT2D eigenvalue weighted by molar-refractivity contribution is -0.120. The van der Waals surface area contributed by atoms with E-state index in [0.29, 0.717) is 5.69 Å². The van der Waals surface area contributed by atoms with Gasteiger partial charge in [0.15, 0.2) is 0 Å². The van der Waals surface area contributed by atoms with Crippen LogP contribution in [0.2, 0.25) is 0 Å². The molecule has 0 aromatic carbocycles. The molecule has 0 bridgehead atoms. The molecule has 0 aliphatic rings. The molecule has 0 saturated heterocycles. The number of pyridine rings is 1. The Morgan fingerprint density at radius 2 is 2.21 bits per heavy atom. The van der Waals surface area contributed by atoms with E-state index in [9.17, 15) is 4.79 Å². The van der Waals surface area contributed by atoms with Crippen molar-refractivity contribution in [3.8, 4) is 10.6 Å². The van der Waals surface area contributed by atoms with Crippen LogP contribution in [-0.2, 0) is 11.3 Å². The van der Waals surface area contributed by atoms with Gasteiger partial charge in [-0.2, -0.15) is 0 Å². The molecule has 0 spiro atoms. The van der Waals surface area contributed by atoms with Gasteiger partial charge in [0.05, 0.1) is 12.2 Å². The maximum absolute atomic E-state index is 11.4. The first-order chi connectivity index (χ1) is 8.97. The normalized spacial score (nSPS) is 11.3. The number of thiazole rings is 1. The van der Waals surface area contributed by atoms with E-state index in [1.807, 2.05) is 17.5 Å². The molecule has 1 amide bonds. The van der Waals surface area contributed by atoms with Gasteiger partial charge in [-0.25, -0.2) is 4.98 Å². The van der Waals surface area contributed by atoms with Gasteiger partial charge in [0.2, 0.25) is 0 Å². The summed E-state index contributed by atoms with van der Waals surface area (Å²) in [5.41, 5.74) is 1.62. The minimum absolute atomic E-state index is 0.212. The van der Waals surface area contributed by atoms with Crippen LogP contribution in [0.15, 0.2) is 29.9 Å². The molecule has 0 atom stereocenters. The zero-order valence-electron chi connectivity index (χ0n) is 9.44. The number of carbonyl (C=O) groups excluding carboxylic acids is 1. The van der Waals surface area contributed by atoms with Crippen LogP contribution >= 0.6 is 46.1 Å². The number of rotatable bonds is 3. The minimum Gasteiger partial charge on any atom is -0.347 e. The van der Waals surface area contributed by atoms with Crippen molar-refractivity contribution in [2.45, 2.75) is 10.3 Å². The summed E-state index contributed by atoms with van der Waals surface area (Å²) in [6, 6.07) is 3.75. The summed E-state index contributed by atoms with van der Waals surface area (Å²) >= 11 is 17.8. The van der Waals surface area contributed by atoms with Gasteiger partial charge in [0.1, 0.15) is 5.01 Å². The van der Waals surface area contributed by atoms with Crippen molar-refractivity contribution in [1.82, 2.24) is 15.3 Å². The molecule has 100 valence electrons. The van der Waals surface area contributed by atoms with E-state index in [2.05, 4.69) is 15.3 Å². The topological polar surface area (TPSA) is 54.9 Å². The molecule has 2 aromatic heterocycles. The molecule has 0 saturated carbocycles. The second-order valence-electron chi connectivity index (χ2n) is 3.57. The molecule has 0 aliphatic carbocycles. The maximum Gasteiger partial charge on any atom is 0.272 e. The molecular formula is C11H8Cl3N3OS. The first-order valence-corrected chi connectivity index (χ1v) is 7.18. The molecule has 8 heteroatoms. The molecule has 19 heavy (non-hydrogen) atoms. The largest absolute Gasteiger partial charge is 0.347 e. The highest BCUT2D eigenvalue weighted by Gasteiger charge is 2.30. The lowest BCUT2D eigenvalue weighted by Crippen LogP contribution is -2.34. The first kappa shape index (κ1) is 14.5. The third-order valence-electron chi connectivity index (χ3n) is 2.15. The highest BCUT2D eigenvalue weighted by atomic mass is 35.6. The number of amides is 1. The van der Waals surface area contributed by atoms with Gasteiger partial charge in [-0.3, -0.25) is 9.78 Å². The van der Waals surface area contributed by atoms with E-state index in [4.69, 9.17) is 34.8 Å². The number of hydrogen-bond acceptors (Lipinski definition) is 4. The summed E-state index contributed by atoms with van der Waals surface area (Å²) < 4.78 is -1.96. The highest BCUT2D eigenvalue weighted by Crippen LogP contribution is 2.26. The number of hydrogen-bond donors (Lipinski definition) is 1. The van der Waals surface area contributed by atoms with Crippen molar-refractivity contribution in [1.29, 1.82) is 0 Å². The SMILES string of the molecule is O=C(NCc1csc(-c2cccnc2)n1)C(Cl)(Cl)Cl. The summed E-state index contributed by atoms with van der Waals surface area (Å²) in [5.74, 6) is -0.673. The Morgan fingerprint density at radius 3 is 2.84 bits per heavy atom. The average Bonchev–Trinajstić information content (AvgIpc) is 2.84. The second kappa shape index (κ2) is 6.05. The van der Waals surface area contributed by atoms with Gasteiger partial charge in [-0.05, 0) is 12.1 Å². The lowest BCUT2D eigenvalue weighted by Gasteiger charge is -2.09. The Labute approximate surface area is 128 Å². The summed E-state index contributed by atoms with van der Waals surface area (Å²) in [5, 5.41) is 5.16. The molecule has 2 rings (SSSR count). The maximum atomic E-state index is 11.4. The third kappa shape index (κ3) is 4.04. The third-order valence-corrected chi connectivity index (χ3v) is 3.60. The summed E-state index contributed by atoms with van der Waals surface area (Å²) in [6.07, 6.45) is 3.42. The van der Waals surface area contributed by atoms with Crippen molar-refractivity contribution in [2.24, 2.45) is 0 Å². The van der Waals surface area contributed by atoms with Crippen molar-refractivity contribution < 1.29 is 4.79 Å². The van der Waals surface area contributed by atoms with Crippen LogP contribution in [0, 0.1) is 0 Å². The van der Waals surface area contributed by atoms with Crippen LogP contribution in [0.25, 0.3) is 10.6 Å². The zero-order chi connectivity index (χ0) is 13.9. The van der Waals surface area contributed by atoms with Crippen molar-refractivity contribution in [3.05, 3.63) is 35.6 Å². The monoisotopic (exact) mass is 335 g/mol. The Kier molecular flexibility index (Phi) is 4.62. The van der Waals surface area contributed by atoms with Crippen LogP contribution in [0.3, 0.4) is 0 Å². The van der Waals surface area contributed by atoms with Gasteiger partial charge in [0.25, 0.3) is 9.70 Å². The molecule has 0 aliphatic heterocycles. The van der Waals surface area contributed by atoms with Crippen molar-refractivity contribution in [2.75, 3.05) is 0 Å². The van der Waals surface area contributed by atoms with Gasteiger partial charge in [-0.1, -0.05) is 34.8 Å². The van der Waals surface area contributed by atoms with Gasteiger partial charge in [-0.15, -0.1) is 11.3 Å². The van der Waals surface area contributed by atoms with E-state index in [0.717, 1.165) is 10.6 Å². The molecule has 0 unspecified atom stereocenters. The van der Waals surface area contributed by atoms with Gasteiger partial charge >= 0.3 is 0 Å². The van der Waals surface area contributed by atoms with Gasteiger partial charge < -0.3 is 5.32 Å². The fourth-order valence-electron chi connectivity index (χ4n) is 1.28. The number of halogens is 3. The molecular weight excluding hydrogens is 329 g/mol. The summed E-state index contributed by atoms with van der Waals surface area (Å²) in [6.45, 7) is 0.212.